The summed E-state index contributed by atoms with van der Waals surface area (Å²) < 4.78 is 36.2. The Kier molecular flexibility index (Phi) is 10.7. The van der Waals surface area contributed by atoms with Crippen LogP contribution in [0.25, 0.3) is 0 Å². The van der Waals surface area contributed by atoms with Crippen LogP contribution in [0.15, 0.2) is 27.2 Å². The van der Waals surface area contributed by atoms with E-state index in [4.69, 9.17) is 9.47 Å². The Balaban J connectivity index is 0.000000380. The first-order valence-electron chi connectivity index (χ1n) is 9.78. The van der Waals surface area contributed by atoms with Crippen LogP contribution in [0.3, 0.4) is 0 Å². The van der Waals surface area contributed by atoms with E-state index in [2.05, 4.69) is 29.9 Å². The Morgan fingerprint density at radius 1 is 1.06 bits per heavy atom. The fraction of sp³-hybridized carbons (Fsp3) is 0.450. The Morgan fingerprint density at radius 2 is 1.65 bits per heavy atom. The minimum absolute atomic E-state index is 0.117. The van der Waals surface area contributed by atoms with E-state index in [1.807, 2.05) is 0 Å². The van der Waals surface area contributed by atoms with Crippen molar-refractivity contribution < 1.29 is 23.0 Å². The van der Waals surface area contributed by atoms with E-state index in [1.54, 1.807) is 58.8 Å². The second kappa shape index (κ2) is 12.9. The number of esters is 1. The first-order valence-corrected chi connectivity index (χ1v) is 9.78. The number of halogens is 2. The van der Waals surface area contributed by atoms with Crippen molar-refractivity contribution >= 4 is 30.3 Å². The molecule has 1 N–H and O–H groups in total. The van der Waals surface area contributed by atoms with Gasteiger partial charge in [0.05, 0.1) is 30.5 Å². The van der Waals surface area contributed by atoms with Crippen LogP contribution < -0.4 is 10.4 Å². The van der Waals surface area contributed by atoms with Gasteiger partial charge in [0.25, 0.3) is 0 Å². The maximum absolute atomic E-state index is 13.4. The van der Waals surface area contributed by atoms with Gasteiger partial charge in [0.2, 0.25) is 6.79 Å². The van der Waals surface area contributed by atoms with E-state index in [9.17, 15) is 18.4 Å². The highest BCUT2D eigenvalue weighted by Crippen LogP contribution is 2.17. The highest BCUT2D eigenvalue weighted by atomic mass is 19.1. The largest absolute Gasteiger partial charge is 0.427 e. The molecule has 2 rings (SSSR count). The molecular formula is C20H28F2N8O4. The predicted molar refractivity (Wildman–Crippen MR) is 122 cm³/mol. The van der Waals surface area contributed by atoms with Gasteiger partial charge >= 0.3 is 17.7 Å². The molecule has 14 heteroatoms. The summed E-state index contributed by atoms with van der Waals surface area (Å²) >= 11 is 0. The molecule has 0 atom stereocenters. The SMILES string of the molecule is CN(C)C=Nc1[nH]c(=O)ncc1F.CN(C)C=Nc1nc(OCOC(=O)C(C)(C)C)ncc1F. The number of aliphatic imine (C=N–C) groups is 2. The van der Waals surface area contributed by atoms with Crippen molar-refractivity contribution in [1.29, 1.82) is 0 Å². The quantitative estimate of drug-likeness (QED) is 0.271. The minimum Gasteiger partial charge on any atom is -0.427 e. The number of carbonyl (C=O) groups excluding carboxylic acids is 1. The van der Waals surface area contributed by atoms with Gasteiger partial charge in [0, 0.05) is 28.2 Å². The summed E-state index contributed by atoms with van der Waals surface area (Å²) in [5.74, 6) is -2.02. The number of rotatable bonds is 7. The van der Waals surface area contributed by atoms with Crippen LogP contribution >= 0.6 is 0 Å². The van der Waals surface area contributed by atoms with Crippen LogP contribution in [0.5, 0.6) is 6.01 Å². The lowest BCUT2D eigenvalue weighted by Gasteiger charge is -2.16. The summed E-state index contributed by atoms with van der Waals surface area (Å²) in [6.45, 7) is 4.81. The lowest BCUT2D eigenvalue weighted by molar-refractivity contribution is -0.159. The molecule has 0 aromatic carbocycles. The fourth-order valence-corrected chi connectivity index (χ4v) is 1.66. The molecule has 0 saturated carbocycles. The highest BCUT2D eigenvalue weighted by Gasteiger charge is 2.23. The summed E-state index contributed by atoms with van der Waals surface area (Å²) in [6.07, 6.45) is 4.56. The number of carbonyl (C=O) groups is 1. The van der Waals surface area contributed by atoms with Crippen LogP contribution in [-0.2, 0) is 9.53 Å². The van der Waals surface area contributed by atoms with E-state index < -0.39 is 28.7 Å². The van der Waals surface area contributed by atoms with E-state index >= 15 is 0 Å². The molecule has 34 heavy (non-hydrogen) atoms. The number of nitrogens with one attached hydrogen (secondary N) is 1. The molecule has 0 radical (unpaired) electrons. The Morgan fingerprint density at radius 3 is 2.24 bits per heavy atom. The summed E-state index contributed by atoms with van der Waals surface area (Å²) in [4.78, 5) is 45.7. The zero-order valence-corrected chi connectivity index (χ0v) is 20.0. The summed E-state index contributed by atoms with van der Waals surface area (Å²) in [5.41, 5.74) is -1.25. The van der Waals surface area contributed by atoms with E-state index in [-0.39, 0.29) is 24.4 Å². The maximum atomic E-state index is 13.4. The lowest BCUT2D eigenvalue weighted by atomic mass is 9.98. The Bertz CT molecular complexity index is 1070. The number of H-pyrrole nitrogens is 1. The first kappa shape index (κ1) is 28.1. The van der Waals surface area contributed by atoms with Crippen molar-refractivity contribution in [2.24, 2.45) is 15.4 Å². The van der Waals surface area contributed by atoms with Gasteiger partial charge < -0.3 is 19.3 Å². The second-order valence-corrected chi connectivity index (χ2v) is 8.07. The second-order valence-electron chi connectivity index (χ2n) is 8.07. The van der Waals surface area contributed by atoms with Crippen molar-refractivity contribution in [3.05, 3.63) is 34.5 Å². The van der Waals surface area contributed by atoms with E-state index in [0.717, 1.165) is 12.4 Å². The van der Waals surface area contributed by atoms with Crippen molar-refractivity contribution in [2.45, 2.75) is 20.8 Å². The molecular weight excluding hydrogens is 454 g/mol. The average Bonchev–Trinajstić information content (AvgIpc) is 2.74. The third kappa shape index (κ3) is 10.6. The molecule has 0 unspecified atom stereocenters. The number of hydrogen-bond acceptors (Lipinski definition) is 9. The van der Waals surface area contributed by atoms with Gasteiger partial charge in [-0.3, -0.25) is 9.78 Å². The molecule has 2 aromatic rings. The van der Waals surface area contributed by atoms with Crippen LogP contribution in [0.1, 0.15) is 20.8 Å². The van der Waals surface area contributed by atoms with Crippen molar-refractivity contribution in [3.8, 4) is 6.01 Å². The Labute approximate surface area is 195 Å². The molecule has 0 bridgehead atoms. The van der Waals surface area contributed by atoms with Gasteiger partial charge in [-0.1, -0.05) is 0 Å². The first-order chi connectivity index (χ1) is 15.8. The number of aromatic amines is 1. The summed E-state index contributed by atoms with van der Waals surface area (Å²) in [6, 6.07) is -0.121. The summed E-state index contributed by atoms with van der Waals surface area (Å²) in [7, 11) is 6.96. The smallest absolute Gasteiger partial charge is 0.346 e. The third-order valence-corrected chi connectivity index (χ3v) is 3.27. The molecule has 0 spiro atoms. The highest BCUT2D eigenvalue weighted by molar-refractivity contribution is 5.75. The van der Waals surface area contributed by atoms with Crippen LogP contribution in [0.2, 0.25) is 0 Å². The molecule has 0 amide bonds. The zero-order chi connectivity index (χ0) is 25.9. The van der Waals surface area contributed by atoms with Gasteiger partial charge in [0.1, 0.15) is 0 Å². The normalized spacial score (nSPS) is 11.2. The molecule has 2 heterocycles. The molecule has 0 aliphatic carbocycles. The van der Waals surface area contributed by atoms with Crippen LogP contribution in [-0.4, -0.2) is 83.4 Å². The molecule has 0 saturated heterocycles. The van der Waals surface area contributed by atoms with Gasteiger partial charge in [0.15, 0.2) is 23.3 Å². The van der Waals surface area contributed by atoms with Gasteiger partial charge in [-0.05, 0) is 20.8 Å². The number of aromatic nitrogens is 4. The van der Waals surface area contributed by atoms with Crippen molar-refractivity contribution in [2.75, 3.05) is 35.0 Å². The topological polar surface area (TPSA) is 138 Å². The fourth-order valence-electron chi connectivity index (χ4n) is 1.66. The zero-order valence-electron chi connectivity index (χ0n) is 20.0. The molecule has 0 fully saturated rings. The standard InChI is InChI=1S/C13H19FN4O3.C7H9FN4O/c1-13(2,3)11(19)20-8-21-12-15-6-9(14)10(17-12)16-7-18(4)5;1-12(2)4-10-6-5(8)3-9-7(13)11-6/h6-7H,8H2,1-5H3;3-4H,1-2H3,(H,9,11,13). The van der Waals surface area contributed by atoms with Crippen LogP contribution in [0, 0.1) is 17.0 Å². The maximum Gasteiger partial charge on any atom is 0.346 e. The Hall–Kier alpha value is -3.97. The van der Waals surface area contributed by atoms with Gasteiger partial charge in [-0.15, -0.1) is 0 Å². The van der Waals surface area contributed by atoms with E-state index in [0.29, 0.717) is 0 Å². The molecule has 2 aromatic heterocycles. The minimum atomic E-state index is -0.674. The average molecular weight is 482 g/mol. The van der Waals surface area contributed by atoms with Crippen molar-refractivity contribution in [1.82, 2.24) is 29.7 Å². The van der Waals surface area contributed by atoms with Gasteiger partial charge in [-0.2, -0.15) is 9.97 Å². The number of nitrogens with zero attached hydrogens (tertiary/aromatic N) is 7. The third-order valence-electron chi connectivity index (χ3n) is 3.27. The summed E-state index contributed by atoms with van der Waals surface area (Å²) in [5, 5.41) is 0. The molecule has 12 nitrogen and oxygen atoms in total. The van der Waals surface area contributed by atoms with Gasteiger partial charge in [-0.25, -0.2) is 28.5 Å². The number of hydrogen-bond donors (Lipinski definition) is 1. The lowest BCUT2D eigenvalue weighted by Crippen LogP contribution is -2.24. The monoisotopic (exact) mass is 482 g/mol. The van der Waals surface area contributed by atoms with E-state index in [1.165, 1.54) is 12.7 Å². The molecule has 186 valence electrons. The number of ether oxygens (including phenoxy) is 2. The van der Waals surface area contributed by atoms with Crippen LogP contribution in [0.4, 0.5) is 20.4 Å². The molecule has 0 aliphatic heterocycles. The molecule has 0 aliphatic rings. The van der Waals surface area contributed by atoms with Crippen molar-refractivity contribution in [3.63, 3.8) is 0 Å². The predicted octanol–water partition coefficient (Wildman–Crippen LogP) is 1.89.